The van der Waals surface area contributed by atoms with Crippen LogP contribution in [0.1, 0.15) is 23.2 Å². The maximum Gasteiger partial charge on any atom is 0.310 e. The minimum absolute atomic E-state index is 0.0147. The van der Waals surface area contributed by atoms with Crippen LogP contribution in [0.3, 0.4) is 0 Å². The number of nitriles is 1. The monoisotopic (exact) mass is 226 g/mol. The van der Waals surface area contributed by atoms with Crippen LogP contribution in [0.4, 0.5) is 8.78 Å². The molecule has 0 N–H and O–H groups in total. The molecule has 0 unspecified atom stereocenters. The van der Waals surface area contributed by atoms with Gasteiger partial charge in [0.2, 0.25) is 0 Å². The lowest BCUT2D eigenvalue weighted by Crippen LogP contribution is -2.09. The van der Waals surface area contributed by atoms with E-state index in [1.807, 2.05) is 0 Å². The first kappa shape index (κ1) is 12.0. The summed E-state index contributed by atoms with van der Waals surface area (Å²) in [4.78, 5) is 14.4. The summed E-state index contributed by atoms with van der Waals surface area (Å²) >= 11 is 0. The highest BCUT2D eigenvalue weighted by Gasteiger charge is 2.17. The van der Waals surface area contributed by atoms with Gasteiger partial charge in [-0.1, -0.05) is 0 Å². The van der Waals surface area contributed by atoms with E-state index in [1.54, 1.807) is 6.07 Å². The number of methoxy groups -OCH3 is 1. The molecule has 0 saturated heterocycles. The predicted molar refractivity (Wildman–Crippen MR) is 49.6 cm³/mol. The van der Waals surface area contributed by atoms with Gasteiger partial charge in [-0.15, -0.1) is 0 Å². The Hall–Kier alpha value is -2.03. The molecule has 0 fully saturated rings. The van der Waals surface area contributed by atoms with Crippen molar-refractivity contribution in [2.24, 2.45) is 0 Å². The third-order valence-electron chi connectivity index (χ3n) is 1.90. The molecule has 0 atom stereocenters. The Kier molecular flexibility index (Phi) is 3.89. The second-order valence-electron chi connectivity index (χ2n) is 2.93. The fraction of sp³-hybridized carbons (Fsp3) is 0.300. The van der Waals surface area contributed by atoms with Gasteiger partial charge in [0.15, 0.2) is 0 Å². The van der Waals surface area contributed by atoms with Crippen molar-refractivity contribution in [2.45, 2.75) is 12.8 Å². The fourth-order valence-electron chi connectivity index (χ4n) is 1.15. The van der Waals surface area contributed by atoms with Gasteiger partial charge in [0.05, 0.1) is 19.1 Å². The average molecular weight is 226 g/mol. The van der Waals surface area contributed by atoms with Gasteiger partial charge in [-0.25, -0.2) is 8.78 Å². The van der Waals surface area contributed by atoms with Crippen LogP contribution in [-0.4, -0.2) is 18.1 Å². The fourth-order valence-corrected chi connectivity index (χ4v) is 1.15. The number of rotatable bonds is 3. The molecule has 16 heavy (non-hydrogen) atoms. The molecule has 1 rings (SSSR count). The van der Waals surface area contributed by atoms with Crippen LogP contribution in [0.2, 0.25) is 0 Å². The Morgan fingerprint density at radius 2 is 2.38 bits per heavy atom. The molecule has 1 heterocycles. The molecule has 0 amide bonds. The normalized spacial score (nSPS) is 9.94. The highest BCUT2D eigenvalue weighted by Crippen LogP contribution is 2.21. The standard InChI is InChI=1S/C10H8F2N2O2/c1-16-8(15)3-7-2-6(4-13)5-14-9(7)10(11)12/h2,5,10H,3H2,1H3. The number of pyridine rings is 1. The van der Waals surface area contributed by atoms with Gasteiger partial charge in [-0.05, 0) is 11.6 Å². The third-order valence-corrected chi connectivity index (χ3v) is 1.90. The zero-order valence-corrected chi connectivity index (χ0v) is 8.41. The van der Waals surface area contributed by atoms with E-state index in [9.17, 15) is 13.6 Å². The smallest absolute Gasteiger partial charge is 0.310 e. The van der Waals surface area contributed by atoms with Crippen LogP contribution in [0.25, 0.3) is 0 Å². The van der Waals surface area contributed by atoms with E-state index >= 15 is 0 Å². The Labute approximate surface area is 90.5 Å². The number of aromatic nitrogens is 1. The minimum atomic E-state index is -2.78. The topological polar surface area (TPSA) is 63.0 Å². The molecule has 0 spiro atoms. The molecule has 0 aromatic carbocycles. The maximum atomic E-state index is 12.5. The SMILES string of the molecule is COC(=O)Cc1cc(C#N)cnc1C(F)F. The molecule has 0 aliphatic heterocycles. The van der Waals surface area contributed by atoms with Gasteiger partial charge in [-0.2, -0.15) is 5.26 Å². The second kappa shape index (κ2) is 5.16. The second-order valence-corrected chi connectivity index (χ2v) is 2.93. The molecule has 4 nitrogen and oxygen atoms in total. The van der Waals surface area contributed by atoms with E-state index in [4.69, 9.17) is 5.26 Å². The molecule has 6 heteroatoms. The lowest BCUT2D eigenvalue weighted by Gasteiger charge is -2.06. The van der Waals surface area contributed by atoms with Crippen molar-refractivity contribution < 1.29 is 18.3 Å². The highest BCUT2D eigenvalue weighted by molar-refractivity contribution is 5.72. The van der Waals surface area contributed by atoms with Crippen molar-refractivity contribution in [1.82, 2.24) is 4.98 Å². The minimum Gasteiger partial charge on any atom is -0.469 e. The molecule has 0 saturated carbocycles. The first-order valence-corrected chi connectivity index (χ1v) is 4.32. The number of ether oxygens (including phenoxy) is 1. The lowest BCUT2D eigenvalue weighted by molar-refractivity contribution is -0.139. The van der Waals surface area contributed by atoms with Crippen LogP contribution in [-0.2, 0) is 16.0 Å². The summed E-state index contributed by atoms with van der Waals surface area (Å²) in [5, 5.41) is 8.59. The molecule has 0 bridgehead atoms. The van der Waals surface area contributed by atoms with Gasteiger partial charge in [0, 0.05) is 6.20 Å². The van der Waals surface area contributed by atoms with E-state index < -0.39 is 18.1 Å². The summed E-state index contributed by atoms with van der Waals surface area (Å²) < 4.78 is 29.4. The summed E-state index contributed by atoms with van der Waals surface area (Å²) in [5.74, 6) is -0.654. The summed E-state index contributed by atoms with van der Waals surface area (Å²) in [6.07, 6.45) is -2.06. The van der Waals surface area contributed by atoms with Crippen molar-refractivity contribution in [3.63, 3.8) is 0 Å². The third kappa shape index (κ3) is 2.73. The molecule has 0 radical (unpaired) electrons. The number of carbonyl (C=O) groups excluding carboxylic acids is 1. The van der Waals surface area contributed by atoms with Gasteiger partial charge < -0.3 is 4.74 Å². The number of carbonyl (C=O) groups is 1. The van der Waals surface area contributed by atoms with E-state index in [1.165, 1.54) is 6.07 Å². The lowest BCUT2D eigenvalue weighted by atomic mass is 10.1. The summed E-state index contributed by atoms with van der Waals surface area (Å²) in [7, 11) is 1.16. The number of hydrogen-bond donors (Lipinski definition) is 0. The Bertz CT molecular complexity index is 441. The quantitative estimate of drug-likeness (QED) is 0.734. The van der Waals surface area contributed by atoms with Crippen LogP contribution in [0.5, 0.6) is 0 Å². The van der Waals surface area contributed by atoms with Gasteiger partial charge in [0.25, 0.3) is 6.43 Å². The molecule has 1 aromatic rings. The first-order valence-electron chi connectivity index (χ1n) is 4.32. The van der Waals surface area contributed by atoms with Crippen LogP contribution in [0.15, 0.2) is 12.3 Å². The average Bonchev–Trinajstić information content (AvgIpc) is 2.28. The number of hydrogen-bond acceptors (Lipinski definition) is 4. The van der Waals surface area contributed by atoms with E-state index in [0.29, 0.717) is 0 Å². The van der Waals surface area contributed by atoms with E-state index in [2.05, 4.69) is 9.72 Å². The van der Waals surface area contributed by atoms with Gasteiger partial charge in [-0.3, -0.25) is 9.78 Å². The molecular weight excluding hydrogens is 218 g/mol. The zero-order valence-electron chi connectivity index (χ0n) is 8.41. The van der Waals surface area contributed by atoms with E-state index in [0.717, 1.165) is 13.3 Å². The van der Waals surface area contributed by atoms with Crippen LogP contribution < -0.4 is 0 Å². The van der Waals surface area contributed by atoms with Gasteiger partial charge >= 0.3 is 5.97 Å². The Morgan fingerprint density at radius 3 is 2.88 bits per heavy atom. The highest BCUT2D eigenvalue weighted by atomic mass is 19.3. The predicted octanol–water partition coefficient (Wildman–Crippen LogP) is 1.61. The Morgan fingerprint density at radius 1 is 1.69 bits per heavy atom. The van der Waals surface area contributed by atoms with E-state index in [-0.39, 0.29) is 17.5 Å². The molecular formula is C10H8F2N2O2. The van der Waals surface area contributed by atoms with Crippen LogP contribution >= 0.6 is 0 Å². The summed E-state index contributed by atoms with van der Waals surface area (Å²) in [6.45, 7) is 0. The zero-order chi connectivity index (χ0) is 12.1. The number of nitrogens with zero attached hydrogens (tertiary/aromatic N) is 2. The maximum absolute atomic E-state index is 12.5. The summed E-state index contributed by atoms with van der Waals surface area (Å²) in [6, 6.07) is 2.98. The van der Waals surface area contributed by atoms with Crippen molar-refractivity contribution in [2.75, 3.05) is 7.11 Å². The number of halogens is 2. The van der Waals surface area contributed by atoms with Gasteiger partial charge in [0.1, 0.15) is 11.8 Å². The molecule has 0 aliphatic carbocycles. The van der Waals surface area contributed by atoms with Crippen molar-refractivity contribution in [1.29, 1.82) is 5.26 Å². The van der Waals surface area contributed by atoms with Crippen molar-refractivity contribution in [3.05, 3.63) is 29.1 Å². The summed E-state index contributed by atoms with van der Waals surface area (Å²) in [5.41, 5.74) is -0.353. The Balaban J connectivity index is 3.11. The van der Waals surface area contributed by atoms with Crippen molar-refractivity contribution in [3.8, 4) is 6.07 Å². The molecule has 84 valence electrons. The largest absolute Gasteiger partial charge is 0.469 e. The number of alkyl halides is 2. The molecule has 1 aromatic heterocycles. The van der Waals surface area contributed by atoms with Crippen LogP contribution in [0, 0.1) is 11.3 Å². The molecule has 0 aliphatic rings. The van der Waals surface area contributed by atoms with Crippen molar-refractivity contribution >= 4 is 5.97 Å². The first-order chi connectivity index (χ1) is 7.58. The number of esters is 1.